The van der Waals surface area contributed by atoms with Crippen LogP contribution in [0.2, 0.25) is 0 Å². The van der Waals surface area contributed by atoms with E-state index in [4.69, 9.17) is 9.97 Å². The first-order chi connectivity index (χ1) is 16.6. The number of pyridine rings is 1. The van der Waals surface area contributed by atoms with Crippen molar-refractivity contribution in [2.24, 2.45) is 0 Å². The molecule has 0 aromatic carbocycles. The molecule has 188 valence electrons. The summed E-state index contributed by atoms with van der Waals surface area (Å²) in [6.07, 6.45) is 10.5. The van der Waals surface area contributed by atoms with Crippen molar-refractivity contribution >= 4 is 46.9 Å². The number of aromatic nitrogens is 3. The highest BCUT2D eigenvalue weighted by atomic mass is 35.5. The van der Waals surface area contributed by atoms with Crippen LogP contribution in [0.1, 0.15) is 95.0 Å². The Morgan fingerprint density at radius 1 is 1.23 bits per heavy atom. The minimum Gasteiger partial charge on any atom is -0.481 e. The second kappa shape index (κ2) is 11.8. The Bertz CT molecular complexity index is 1140. The van der Waals surface area contributed by atoms with Gasteiger partial charge in [-0.1, -0.05) is 13.0 Å². The van der Waals surface area contributed by atoms with Crippen LogP contribution in [0.25, 0.3) is 0 Å². The van der Waals surface area contributed by atoms with Gasteiger partial charge in [-0.25, -0.2) is 15.0 Å². The van der Waals surface area contributed by atoms with E-state index in [1.807, 2.05) is 6.20 Å². The number of aryl methyl sites for hydroxylation is 3. The van der Waals surface area contributed by atoms with E-state index < -0.39 is 5.97 Å². The molecule has 0 radical (unpaired) electrons. The van der Waals surface area contributed by atoms with Gasteiger partial charge >= 0.3 is 5.97 Å². The molecule has 3 aromatic heterocycles. The van der Waals surface area contributed by atoms with Crippen molar-refractivity contribution in [2.75, 3.05) is 11.9 Å². The molecule has 3 aromatic rings. The lowest BCUT2D eigenvalue weighted by Gasteiger charge is -2.22. The van der Waals surface area contributed by atoms with E-state index in [0.717, 1.165) is 65.7 Å². The first kappa shape index (κ1) is 26.0. The molecule has 2 atom stereocenters. The molecule has 9 heteroatoms. The van der Waals surface area contributed by atoms with Crippen LogP contribution in [0.15, 0.2) is 23.7 Å². The van der Waals surface area contributed by atoms with Crippen LogP contribution < -0.4 is 5.32 Å². The van der Waals surface area contributed by atoms with Gasteiger partial charge in [-0.2, -0.15) is 0 Å². The van der Waals surface area contributed by atoms with E-state index in [9.17, 15) is 9.90 Å². The number of hydrogen-bond acceptors (Lipinski definition) is 7. The smallest absolute Gasteiger partial charge is 0.304 e. The highest BCUT2D eigenvalue weighted by Gasteiger charge is 2.32. The van der Waals surface area contributed by atoms with Gasteiger partial charge in [0, 0.05) is 46.4 Å². The van der Waals surface area contributed by atoms with Crippen molar-refractivity contribution in [3.63, 3.8) is 0 Å². The van der Waals surface area contributed by atoms with E-state index in [0.29, 0.717) is 5.92 Å². The number of anilines is 1. The molecule has 2 aliphatic rings. The average molecular weight is 533 g/mol. The lowest BCUT2D eigenvalue weighted by molar-refractivity contribution is -0.137. The third kappa shape index (κ3) is 6.40. The monoisotopic (exact) mass is 532 g/mol. The van der Waals surface area contributed by atoms with Crippen molar-refractivity contribution in [1.82, 2.24) is 15.0 Å². The summed E-state index contributed by atoms with van der Waals surface area (Å²) in [5, 5.41) is 17.5. The Morgan fingerprint density at radius 3 is 2.86 bits per heavy atom. The number of fused-ring (bicyclic) bond motifs is 1. The van der Waals surface area contributed by atoms with E-state index in [1.165, 1.54) is 29.8 Å². The van der Waals surface area contributed by atoms with Gasteiger partial charge in [0.1, 0.15) is 5.82 Å². The van der Waals surface area contributed by atoms with Crippen LogP contribution in [0.3, 0.4) is 0 Å². The van der Waals surface area contributed by atoms with Crippen molar-refractivity contribution in [2.45, 2.75) is 82.5 Å². The molecule has 2 N–H and O–H groups in total. The fraction of sp³-hybridized carbons (Fsp3) is 0.538. The minimum atomic E-state index is -0.757. The zero-order valence-electron chi connectivity index (χ0n) is 20.0. The number of hydrogen-bond donors (Lipinski definition) is 2. The van der Waals surface area contributed by atoms with Gasteiger partial charge in [-0.05, 0) is 63.0 Å². The van der Waals surface area contributed by atoms with E-state index in [-0.39, 0.29) is 30.7 Å². The Kier molecular flexibility index (Phi) is 8.78. The average Bonchev–Trinajstić information content (AvgIpc) is 3.38. The predicted octanol–water partition coefficient (Wildman–Crippen LogP) is 6.58. The molecular weight excluding hydrogens is 500 g/mol. The molecule has 2 unspecified atom stereocenters. The highest BCUT2D eigenvalue weighted by molar-refractivity contribution is 7.11. The summed E-state index contributed by atoms with van der Waals surface area (Å²) >= 11 is 3.41. The summed E-state index contributed by atoms with van der Waals surface area (Å²) in [6.45, 7) is 3.15. The predicted molar refractivity (Wildman–Crippen MR) is 145 cm³/mol. The molecule has 0 bridgehead atoms. The van der Waals surface area contributed by atoms with Crippen LogP contribution >= 0.6 is 35.1 Å². The molecule has 5 rings (SSSR count). The third-order valence-corrected chi connectivity index (χ3v) is 9.10. The summed E-state index contributed by atoms with van der Waals surface area (Å²) in [4.78, 5) is 27.2. The number of aliphatic carboxylic acids is 1. The summed E-state index contributed by atoms with van der Waals surface area (Å²) in [5.41, 5.74) is 3.49. The van der Waals surface area contributed by atoms with Gasteiger partial charge in [0.2, 0.25) is 0 Å². The van der Waals surface area contributed by atoms with E-state index in [2.05, 4.69) is 34.7 Å². The minimum absolute atomic E-state index is 0. The molecule has 1 saturated carbocycles. The Morgan fingerprint density at radius 2 is 2.09 bits per heavy atom. The van der Waals surface area contributed by atoms with Crippen molar-refractivity contribution < 1.29 is 9.90 Å². The zero-order valence-corrected chi connectivity index (χ0v) is 22.5. The lowest BCUT2D eigenvalue weighted by atomic mass is 9.84. The molecule has 1 fully saturated rings. The molecule has 1 aliphatic carbocycles. The fourth-order valence-corrected chi connectivity index (χ4v) is 7.02. The number of carboxylic acids is 1. The Balaban J connectivity index is 0.00000289. The van der Waals surface area contributed by atoms with Gasteiger partial charge in [0.15, 0.2) is 0 Å². The van der Waals surface area contributed by atoms with Crippen LogP contribution in [0, 0.1) is 0 Å². The number of halogens is 1. The second-order valence-electron chi connectivity index (χ2n) is 9.45. The Hall–Kier alpha value is -2.03. The second-order valence-corrected chi connectivity index (χ2v) is 11.5. The lowest BCUT2D eigenvalue weighted by Crippen LogP contribution is -2.14. The van der Waals surface area contributed by atoms with Crippen LogP contribution in [-0.4, -0.2) is 32.6 Å². The summed E-state index contributed by atoms with van der Waals surface area (Å²) in [5.74, 6) is 0.919. The standard InChI is InChI=1S/C26H32N4O2S2.ClH/c1-2-19(20(13-24(31)32)22-14-28-26(34-22)17-8-9-17)21-15-33-23(30-21)7-3-6-18-11-10-16-5-4-12-27-25(16)29-18;/h10-11,14-15,17,19-20H,2-9,12-13H2,1H3,(H,27,29)(H,31,32);1H. The first-order valence-electron chi connectivity index (χ1n) is 12.4. The van der Waals surface area contributed by atoms with Gasteiger partial charge in [-0.3, -0.25) is 4.79 Å². The number of nitrogens with one attached hydrogen (secondary N) is 1. The molecular formula is C26H33ClN4O2S2. The summed E-state index contributed by atoms with van der Waals surface area (Å²) in [7, 11) is 0. The SMILES string of the molecule is CCC(c1csc(CCCc2ccc3c(n2)NCCC3)n1)C(CC(=O)O)c1cnc(C2CC2)s1.Cl. The molecule has 4 heterocycles. The quantitative estimate of drug-likeness (QED) is 0.290. The van der Waals surface area contributed by atoms with Gasteiger partial charge in [0.05, 0.1) is 22.1 Å². The molecule has 0 amide bonds. The highest BCUT2D eigenvalue weighted by Crippen LogP contribution is 2.46. The maximum absolute atomic E-state index is 11.7. The number of carboxylic acid groups (broad SMARTS) is 1. The summed E-state index contributed by atoms with van der Waals surface area (Å²) < 4.78 is 0. The fourth-order valence-electron chi connectivity index (χ4n) is 4.86. The third-order valence-electron chi connectivity index (χ3n) is 6.88. The summed E-state index contributed by atoms with van der Waals surface area (Å²) in [6, 6.07) is 4.38. The van der Waals surface area contributed by atoms with E-state index >= 15 is 0 Å². The largest absolute Gasteiger partial charge is 0.481 e. The van der Waals surface area contributed by atoms with Crippen LogP contribution in [-0.2, 0) is 24.1 Å². The number of rotatable bonds is 11. The topological polar surface area (TPSA) is 88.0 Å². The Labute approximate surface area is 221 Å². The van der Waals surface area contributed by atoms with Gasteiger partial charge < -0.3 is 10.4 Å². The first-order valence-corrected chi connectivity index (χ1v) is 14.1. The molecule has 0 spiro atoms. The number of nitrogens with zero attached hydrogens (tertiary/aromatic N) is 3. The molecule has 1 aliphatic heterocycles. The van der Waals surface area contributed by atoms with Crippen molar-refractivity contribution in [3.8, 4) is 0 Å². The number of thiazole rings is 2. The zero-order chi connectivity index (χ0) is 23.5. The van der Waals surface area contributed by atoms with Crippen LogP contribution in [0.5, 0.6) is 0 Å². The molecule has 35 heavy (non-hydrogen) atoms. The van der Waals surface area contributed by atoms with Gasteiger partial charge in [-0.15, -0.1) is 35.1 Å². The van der Waals surface area contributed by atoms with Crippen molar-refractivity contribution in [3.05, 3.63) is 55.6 Å². The van der Waals surface area contributed by atoms with Crippen molar-refractivity contribution in [1.29, 1.82) is 0 Å². The molecule has 0 saturated heterocycles. The normalized spacial score (nSPS) is 16.6. The number of carbonyl (C=O) groups is 1. The maximum atomic E-state index is 11.7. The maximum Gasteiger partial charge on any atom is 0.304 e. The van der Waals surface area contributed by atoms with Gasteiger partial charge in [0.25, 0.3) is 0 Å². The molecule has 6 nitrogen and oxygen atoms in total. The van der Waals surface area contributed by atoms with Crippen LogP contribution in [0.4, 0.5) is 5.82 Å². The van der Waals surface area contributed by atoms with E-state index in [1.54, 1.807) is 22.7 Å².